The van der Waals surface area contributed by atoms with Crippen molar-refractivity contribution < 1.29 is 4.92 Å². The first-order valence-corrected chi connectivity index (χ1v) is 8.89. The van der Waals surface area contributed by atoms with Crippen LogP contribution in [0.4, 0.5) is 5.69 Å². The fraction of sp³-hybridized carbons (Fsp3) is 0.667. The molecule has 3 atom stereocenters. The number of hydrogen-bond acceptors (Lipinski definition) is 4. The molecule has 23 heavy (non-hydrogen) atoms. The zero-order valence-electron chi connectivity index (χ0n) is 13.6. The number of rotatable bonds is 4. The number of para-hydroxylation sites is 1. The van der Waals surface area contributed by atoms with Gasteiger partial charge in [-0.2, -0.15) is 0 Å². The molecule has 3 aliphatic rings. The summed E-state index contributed by atoms with van der Waals surface area (Å²) in [6.45, 7) is 4.99. The lowest BCUT2D eigenvalue weighted by Crippen LogP contribution is -2.51. The Morgan fingerprint density at radius 1 is 1.09 bits per heavy atom. The van der Waals surface area contributed by atoms with Crippen molar-refractivity contribution in [2.24, 2.45) is 11.8 Å². The Kier molecular flexibility index (Phi) is 4.07. The first-order valence-electron chi connectivity index (χ1n) is 8.89. The van der Waals surface area contributed by atoms with E-state index in [1.54, 1.807) is 12.1 Å². The summed E-state index contributed by atoms with van der Waals surface area (Å²) in [6.07, 6.45) is 5.76. The molecule has 0 radical (unpaired) electrons. The standard InChI is InChI=1S/C18H25N3O2/c22-21(23)17-4-2-1-3-16(17)13-19-7-9-20(10-8-19)18-12-14-5-6-15(18)11-14/h1-4,14-15,18H,5-13H2/t14-,15-,18+/m0/s1. The quantitative estimate of drug-likeness (QED) is 0.633. The molecule has 4 rings (SSSR count). The van der Waals surface area contributed by atoms with Crippen molar-refractivity contribution in [2.45, 2.75) is 38.3 Å². The molecule has 124 valence electrons. The summed E-state index contributed by atoms with van der Waals surface area (Å²) in [5.41, 5.74) is 1.09. The molecule has 0 unspecified atom stereocenters. The summed E-state index contributed by atoms with van der Waals surface area (Å²) < 4.78 is 0. The van der Waals surface area contributed by atoms with Crippen molar-refractivity contribution in [1.82, 2.24) is 9.80 Å². The second kappa shape index (κ2) is 6.21. The van der Waals surface area contributed by atoms with E-state index in [1.807, 2.05) is 12.1 Å². The van der Waals surface area contributed by atoms with Crippen LogP contribution in [0.5, 0.6) is 0 Å². The summed E-state index contributed by atoms with van der Waals surface area (Å²) in [4.78, 5) is 15.9. The highest BCUT2D eigenvalue weighted by molar-refractivity contribution is 5.39. The highest BCUT2D eigenvalue weighted by Crippen LogP contribution is 2.46. The number of benzene rings is 1. The van der Waals surface area contributed by atoms with E-state index in [4.69, 9.17) is 0 Å². The van der Waals surface area contributed by atoms with E-state index in [-0.39, 0.29) is 10.6 Å². The lowest BCUT2D eigenvalue weighted by atomic mass is 9.93. The predicted octanol–water partition coefficient (Wildman–Crippen LogP) is 2.90. The summed E-state index contributed by atoms with van der Waals surface area (Å²) in [7, 11) is 0. The average molecular weight is 315 g/mol. The molecule has 0 N–H and O–H groups in total. The number of fused-ring (bicyclic) bond motifs is 2. The first-order chi connectivity index (χ1) is 11.2. The van der Waals surface area contributed by atoms with Gasteiger partial charge >= 0.3 is 0 Å². The molecule has 0 spiro atoms. The fourth-order valence-electron chi connectivity index (χ4n) is 4.98. The number of nitrogens with zero attached hydrogens (tertiary/aromatic N) is 3. The lowest BCUT2D eigenvalue weighted by Gasteiger charge is -2.41. The zero-order chi connectivity index (χ0) is 15.8. The molecule has 2 bridgehead atoms. The summed E-state index contributed by atoms with van der Waals surface area (Å²) in [5.74, 6) is 1.94. The first kappa shape index (κ1) is 15.1. The second-order valence-corrected chi connectivity index (χ2v) is 7.44. The van der Waals surface area contributed by atoms with E-state index in [0.717, 1.165) is 49.6 Å². The Balaban J connectivity index is 1.34. The minimum Gasteiger partial charge on any atom is -0.298 e. The normalized spacial score (nSPS) is 31.6. The number of piperazine rings is 1. The Hall–Kier alpha value is -1.46. The summed E-state index contributed by atoms with van der Waals surface area (Å²) in [6, 6.07) is 7.96. The molecule has 1 aromatic carbocycles. The molecule has 1 saturated heterocycles. The molecule has 1 aliphatic heterocycles. The van der Waals surface area contributed by atoms with Crippen LogP contribution in [0, 0.1) is 22.0 Å². The van der Waals surface area contributed by atoms with Crippen LogP contribution in [-0.2, 0) is 6.54 Å². The summed E-state index contributed by atoms with van der Waals surface area (Å²) in [5, 5.41) is 11.1. The van der Waals surface area contributed by atoms with E-state index in [2.05, 4.69) is 9.80 Å². The maximum Gasteiger partial charge on any atom is 0.273 e. The van der Waals surface area contributed by atoms with E-state index >= 15 is 0 Å². The topological polar surface area (TPSA) is 49.6 Å². The van der Waals surface area contributed by atoms with Gasteiger partial charge in [0, 0.05) is 50.4 Å². The van der Waals surface area contributed by atoms with E-state index in [9.17, 15) is 10.1 Å². The van der Waals surface area contributed by atoms with Crippen molar-refractivity contribution >= 4 is 5.69 Å². The van der Waals surface area contributed by atoms with Gasteiger partial charge in [0.2, 0.25) is 0 Å². The number of nitro benzene ring substituents is 1. The van der Waals surface area contributed by atoms with E-state index in [0.29, 0.717) is 6.54 Å². The van der Waals surface area contributed by atoms with Gasteiger partial charge in [-0.05, 0) is 31.1 Å². The maximum absolute atomic E-state index is 11.1. The Labute approximate surface area is 137 Å². The van der Waals surface area contributed by atoms with Gasteiger partial charge in [-0.25, -0.2) is 0 Å². The van der Waals surface area contributed by atoms with Crippen LogP contribution in [0.25, 0.3) is 0 Å². The molecule has 0 amide bonds. The Morgan fingerprint density at radius 3 is 2.52 bits per heavy atom. The number of hydrogen-bond donors (Lipinski definition) is 0. The SMILES string of the molecule is O=[N+]([O-])c1ccccc1CN1CCN([C@@H]2C[C@H]3CC[C@H]2C3)CC1. The van der Waals surface area contributed by atoms with Crippen LogP contribution in [-0.4, -0.2) is 46.9 Å². The van der Waals surface area contributed by atoms with Gasteiger partial charge < -0.3 is 0 Å². The van der Waals surface area contributed by atoms with Gasteiger partial charge in [-0.3, -0.25) is 19.9 Å². The van der Waals surface area contributed by atoms with Gasteiger partial charge in [-0.15, -0.1) is 0 Å². The van der Waals surface area contributed by atoms with Crippen molar-refractivity contribution in [3.05, 3.63) is 39.9 Å². The molecule has 5 heteroatoms. The largest absolute Gasteiger partial charge is 0.298 e. The third-order valence-electron chi connectivity index (χ3n) is 6.16. The fourth-order valence-corrected chi connectivity index (χ4v) is 4.98. The van der Waals surface area contributed by atoms with Crippen molar-refractivity contribution in [3.8, 4) is 0 Å². The van der Waals surface area contributed by atoms with E-state index in [1.165, 1.54) is 25.7 Å². The molecule has 3 fully saturated rings. The molecular formula is C18H25N3O2. The number of nitro groups is 1. The molecule has 5 nitrogen and oxygen atoms in total. The van der Waals surface area contributed by atoms with Crippen LogP contribution < -0.4 is 0 Å². The van der Waals surface area contributed by atoms with Crippen molar-refractivity contribution in [1.29, 1.82) is 0 Å². The lowest BCUT2D eigenvalue weighted by molar-refractivity contribution is -0.385. The molecule has 2 aliphatic carbocycles. The van der Waals surface area contributed by atoms with Crippen molar-refractivity contribution in [2.75, 3.05) is 26.2 Å². The molecule has 0 aromatic heterocycles. The Morgan fingerprint density at radius 2 is 1.87 bits per heavy atom. The maximum atomic E-state index is 11.1. The van der Waals surface area contributed by atoms with Crippen LogP contribution >= 0.6 is 0 Å². The molecule has 2 saturated carbocycles. The van der Waals surface area contributed by atoms with Gasteiger partial charge in [0.1, 0.15) is 0 Å². The minimum absolute atomic E-state index is 0.253. The zero-order valence-corrected chi connectivity index (χ0v) is 13.6. The third kappa shape index (κ3) is 3.00. The monoisotopic (exact) mass is 315 g/mol. The third-order valence-corrected chi connectivity index (χ3v) is 6.16. The second-order valence-electron chi connectivity index (χ2n) is 7.44. The van der Waals surface area contributed by atoms with Crippen molar-refractivity contribution in [3.63, 3.8) is 0 Å². The smallest absolute Gasteiger partial charge is 0.273 e. The van der Waals surface area contributed by atoms with Crippen LogP contribution in [0.1, 0.15) is 31.2 Å². The van der Waals surface area contributed by atoms with Gasteiger partial charge in [0.05, 0.1) is 4.92 Å². The molecular weight excluding hydrogens is 290 g/mol. The van der Waals surface area contributed by atoms with Gasteiger partial charge in [-0.1, -0.05) is 24.6 Å². The highest BCUT2D eigenvalue weighted by Gasteiger charge is 2.42. The van der Waals surface area contributed by atoms with Crippen LogP contribution in [0.15, 0.2) is 24.3 Å². The molecule has 1 aromatic rings. The van der Waals surface area contributed by atoms with Gasteiger partial charge in [0.25, 0.3) is 5.69 Å². The molecule has 1 heterocycles. The van der Waals surface area contributed by atoms with Gasteiger partial charge in [0.15, 0.2) is 0 Å². The highest BCUT2D eigenvalue weighted by atomic mass is 16.6. The average Bonchev–Trinajstić information content (AvgIpc) is 3.19. The predicted molar refractivity (Wildman–Crippen MR) is 89.2 cm³/mol. The van der Waals surface area contributed by atoms with Crippen LogP contribution in [0.2, 0.25) is 0 Å². The summed E-state index contributed by atoms with van der Waals surface area (Å²) >= 11 is 0. The minimum atomic E-state index is -0.263. The van der Waals surface area contributed by atoms with E-state index < -0.39 is 0 Å². The van der Waals surface area contributed by atoms with Crippen LogP contribution in [0.3, 0.4) is 0 Å². The Bertz CT molecular complexity index is 583.